The third-order valence-corrected chi connectivity index (χ3v) is 8.47. The Hall–Kier alpha value is -3.21. The maximum atomic E-state index is 14.4. The van der Waals surface area contributed by atoms with Crippen LogP contribution in [-0.2, 0) is 28.7 Å². The van der Waals surface area contributed by atoms with Crippen molar-refractivity contribution in [2.24, 2.45) is 11.8 Å². The Labute approximate surface area is 245 Å². The Kier molecular flexibility index (Phi) is 9.56. The summed E-state index contributed by atoms with van der Waals surface area (Å²) >= 11 is 6.54. The Morgan fingerprint density at radius 3 is 2.76 bits per heavy atom. The van der Waals surface area contributed by atoms with Crippen LogP contribution in [0.4, 0.5) is 5.69 Å². The molecule has 4 rings (SSSR count). The number of nitrogens with one attached hydrogen (secondary N) is 1. The fraction of sp³-hybridized carbons (Fsp3) is 0.533. The zero-order valence-electron chi connectivity index (χ0n) is 23.5. The van der Waals surface area contributed by atoms with E-state index >= 15 is 0 Å². The predicted molar refractivity (Wildman–Crippen MR) is 153 cm³/mol. The van der Waals surface area contributed by atoms with E-state index in [-0.39, 0.29) is 38.6 Å². The molecule has 3 heterocycles. The second-order valence-electron chi connectivity index (χ2n) is 10.8. The molecule has 222 valence electrons. The number of aliphatic hydroxyl groups excluding tert-OH is 1. The highest BCUT2D eigenvalue weighted by Crippen LogP contribution is 2.59. The summed E-state index contributed by atoms with van der Waals surface area (Å²) in [5.74, 6) is -3.49. The van der Waals surface area contributed by atoms with Crippen molar-refractivity contribution >= 4 is 41.0 Å². The lowest BCUT2D eigenvalue weighted by molar-refractivity contribution is -0.159. The summed E-state index contributed by atoms with van der Waals surface area (Å²) in [4.78, 5) is 56.5. The maximum Gasteiger partial charge on any atom is 0.312 e. The van der Waals surface area contributed by atoms with Crippen LogP contribution < -0.4 is 10.2 Å². The maximum absolute atomic E-state index is 14.4. The molecule has 3 aliphatic rings. The largest absolute Gasteiger partial charge is 0.460 e. The molecule has 0 unspecified atom stereocenters. The van der Waals surface area contributed by atoms with Gasteiger partial charge in [0.15, 0.2) is 0 Å². The topological polar surface area (TPSA) is 125 Å². The number of fused-ring (bicyclic) bond motifs is 1. The monoisotopic (exact) mass is 587 g/mol. The number of para-hydroxylation sites is 1. The number of halogens is 1. The van der Waals surface area contributed by atoms with Gasteiger partial charge in [-0.25, -0.2) is 0 Å². The van der Waals surface area contributed by atoms with E-state index < -0.39 is 53.5 Å². The molecule has 0 aliphatic carbocycles. The number of anilines is 1. The number of aryl methyl sites for hydroxylation is 1. The van der Waals surface area contributed by atoms with Gasteiger partial charge in [-0.1, -0.05) is 35.9 Å². The molecular formula is C30H38ClN3O7. The minimum atomic E-state index is -1.26. The fourth-order valence-electron chi connectivity index (χ4n) is 6.48. The molecule has 0 radical (unpaired) electrons. The molecular weight excluding hydrogens is 550 g/mol. The highest BCUT2D eigenvalue weighted by atomic mass is 35.5. The van der Waals surface area contributed by atoms with Crippen molar-refractivity contribution in [2.75, 3.05) is 31.1 Å². The molecule has 6 atom stereocenters. The smallest absolute Gasteiger partial charge is 0.312 e. The van der Waals surface area contributed by atoms with Gasteiger partial charge in [0.25, 0.3) is 5.91 Å². The van der Waals surface area contributed by atoms with Crippen molar-refractivity contribution in [3.05, 3.63) is 54.1 Å². The van der Waals surface area contributed by atoms with E-state index in [1.54, 1.807) is 31.2 Å². The van der Waals surface area contributed by atoms with Gasteiger partial charge in [0.2, 0.25) is 11.8 Å². The van der Waals surface area contributed by atoms with Crippen molar-refractivity contribution in [2.45, 2.75) is 63.4 Å². The van der Waals surface area contributed by atoms with Crippen LogP contribution in [0.3, 0.4) is 0 Å². The summed E-state index contributed by atoms with van der Waals surface area (Å²) in [5, 5.41) is 12.9. The van der Waals surface area contributed by atoms with Crippen LogP contribution in [-0.4, -0.2) is 83.8 Å². The van der Waals surface area contributed by atoms with Crippen LogP contribution in [0.1, 0.15) is 38.2 Å². The summed E-state index contributed by atoms with van der Waals surface area (Å²) in [6, 6.07) is 4.23. The van der Waals surface area contributed by atoms with E-state index in [9.17, 15) is 24.3 Å². The number of hydrogen-bond donors (Lipinski definition) is 2. The molecule has 2 N–H and O–H groups in total. The summed E-state index contributed by atoms with van der Waals surface area (Å²) in [6.07, 6.45) is 3.69. The number of aliphatic hydroxyl groups is 1. The van der Waals surface area contributed by atoms with Crippen molar-refractivity contribution < 1.29 is 33.8 Å². The van der Waals surface area contributed by atoms with Gasteiger partial charge < -0.3 is 29.7 Å². The Morgan fingerprint density at radius 2 is 2.10 bits per heavy atom. The quantitative estimate of drug-likeness (QED) is 0.268. The summed E-state index contributed by atoms with van der Waals surface area (Å²) in [7, 11) is 0. The first-order valence-electron chi connectivity index (χ1n) is 14.0. The molecule has 0 saturated carbocycles. The molecule has 3 amide bonds. The van der Waals surface area contributed by atoms with Crippen LogP contribution in [0.5, 0.6) is 0 Å². The number of allylic oxidation sites excluding steroid dienone is 1. The third-order valence-electron chi connectivity index (χ3n) is 8.16. The number of esters is 1. The second kappa shape index (κ2) is 12.8. The standard InChI is InChI=1S/C30H38ClN3O7/c1-5-7-11-22(36)32-17-19(4)40-29(39)23-21-12-13-30(41-21)24(23)27(37)34(15-16-35)26(30)28(38)33(14-6-2)25-18(3)9-8-10-20(25)31/h5-6,8-10,19,21,23-24,26,35H,1-2,7,11-17H2,3-4H3,(H,32,36)/t19-,21+,23-,24-,26+,30-/m1/s1. The second-order valence-corrected chi connectivity index (χ2v) is 11.2. The Morgan fingerprint density at radius 1 is 1.34 bits per heavy atom. The number of amides is 3. The first-order valence-corrected chi connectivity index (χ1v) is 14.3. The minimum absolute atomic E-state index is 0.0974. The van der Waals surface area contributed by atoms with Crippen molar-refractivity contribution in [1.82, 2.24) is 10.2 Å². The number of ether oxygens (including phenoxy) is 2. The molecule has 3 aliphatic heterocycles. The van der Waals surface area contributed by atoms with Gasteiger partial charge in [-0.3, -0.25) is 19.2 Å². The van der Waals surface area contributed by atoms with Gasteiger partial charge in [0.05, 0.1) is 41.8 Å². The fourth-order valence-corrected chi connectivity index (χ4v) is 6.80. The molecule has 11 heteroatoms. The molecule has 10 nitrogen and oxygen atoms in total. The van der Waals surface area contributed by atoms with Gasteiger partial charge >= 0.3 is 5.97 Å². The summed E-state index contributed by atoms with van der Waals surface area (Å²) < 4.78 is 12.1. The number of β-amino-alcohol motifs (C(OH)–C–C–N with tert-alkyl or cyclic N) is 1. The lowest BCUT2D eigenvalue weighted by Crippen LogP contribution is -2.57. The molecule has 2 bridgehead atoms. The van der Waals surface area contributed by atoms with E-state index in [2.05, 4.69) is 18.5 Å². The van der Waals surface area contributed by atoms with Crippen molar-refractivity contribution in [3.63, 3.8) is 0 Å². The van der Waals surface area contributed by atoms with Gasteiger partial charge in [-0.2, -0.15) is 0 Å². The average Bonchev–Trinajstić information content (AvgIpc) is 3.57. The third kappa shape index (κ3) is 5.65. The minimum Gasteiger partial charge on any atom is -0.460 e. The molecule has 0 aromatic heterocycles. The number of hydrogen-bond acceptors (Lipinski definition) is 7. The number of carbonyl (C=O) groups excluding carboxylic acids is 4. The summed E-state index contributed by atoms with van der Waals surface area (Å²) in [6.45, 7) is 10.7. The number of benzene rings is 1. The zero-order chi connectivity index (χ0) is 29.9. The van der Waals surface area contributed by atoms with E-state index in [1.807, 2.05) is 13.0 Å². The SMILES string of the molecule is C=CCCC(=O)NC[C@@H](C)OC(=O)[C@@H]1[C@@H]2CC[C@]3(O2)[C@H](C(=O)N(CC=C)c2c(C)cccc2Cl)N(CCO)C(=O)[C@@H]13. The molecule has 3 fully saturated rings. The number of carbonyl (C=O) groups is 4. The van der Waals surface area contributed by atoms with Crippen LogP contribution in [0.2, 0.25) is 5.02 Å². The van der Waals surface area contributed by atoms with Gasteiger partial charge in [-0.05, 0) is 44.7 Å². The van der Waals surface area contributed by atoms with Gasteiger partial charge in [0.1, 0.15) is 17.7 Å². The lowest BCUT2D eigenvalue weighted by Gasteiger charge is -2.37. The van der Waals surface area contributed by atoms with Crippen molar-refractivity contribution in [3.8, 4) is 0 Å². The predicted octanol–water partition coefficient (Wildman–Crippen LogP) is 2.55. The average molecular weight is 588 g/mol. The molecule has 1 aromatic rings. The number of rotatable bonds is 13. The first-order chi connectivity index (χ1) is 19.6. The van der Waals surface area contributed by atoms with Crippen LogP contribution >= 0.6 is 11.6 Å². The van der Waals surface area contributed by atoms with E-state index in [0.29, 0.717) is 30.0 Å². The highest BCUT2D eigenvalue weighted by Gasteiger charge is 2.75. The number of likely N-dealkylation sites (tertiary alicyclic amines) is 1. The van der Waals surface area contributed by atoms with Crippen LogP contribution in [0, 0.1) is 18.8 Å². The highest BCUT2D eigenvalue weighted by molar-refractivity contribution is 6.34. The zero-order valence-corrected chi connectivity index (χ0v) is 24.3. The lowest BCUT2D eigenvalue weighted by atomic mass is 9.70. The Bertz CT molecular complexity index is 1200. The molecule has 1 spiro atoms. The van der Waals surface area contributed by atoms with Crippen LogP contribution in [0.15, 0.2) is 43.5 Å². The Balaban J connectivity index is 1.61. The van der Waals surface area contributed by atoms with Crippen LogP contribution in [0.25, 0.3) is 0 Å². The number of nitrogens with zero attached hydrogens (tertiary/aromatic N) is 2. The molecule has 41 heavy (non-hydrogen) atoms. The van der Waals surface area contributed by atoms with E-state index in [1.165, 1.54) is 9.80 Å². The normalized spacial score (nSPS) is 26.8. The van der Waals surface area contributed by atoms with E-state index in [4.69, 9.17) is 21.1 Å². The van der Waals surface area contributed by atoms with E-state index in [0.717, 1.165) is 5.56 Å². The summed E-state index contributed by atoms with van der Waals surface area (Å²) in [5.41, 5.74) is 0.0141. The van der Waals surface area contributed by atoms with Crippen molar-refractivity contribution in [1.29, 1.82) is 0 Å². The first kappa shape index (κ1) is 30.7. The van der Waals surface area contributed by atoms with Gasteiger partial charge in [-0.15, -0.1) is 13.2 Å². The molecule has 1 aromatic carbocycles. The molecule has 3 saturated heterocycles. The van der Waals surface area contributed by atoms with Gasteiger partial charge in [0, 0.05) is 19.5 Å².